The SMILES string of the molecule is CC.CC(C)(O)C#Cc1ccccn1. The number of aliphatic hydroxyl groups is 1. The monoisotopic (exact) mass is 191 g/mol. The lowest BCUT2D eigenvalue weighted by atomic mass is 10.1. The third-order valence-corrected chi connectivity index (χ3v) is 1.16. The number of pyridine rings is 1. The van der Waals surface area contributed by atoms with Gasteiger partial charge in [-0.1, -0.05) is 25.8 Å². The van der Waals surface area contributed by atoms with Gasteiger partial charge in [-0.2, -0.15) is 0 Å². The Morgan fingerprint density at radius 2 is 1.93 bits per heavy atom. The van der Waals surface area contributed by atoms with Crippen molar-refractivity contribution in [2.45, 2.75) is 33.3 Å². The number of aromatic nitrogens is 1. The lowest BCUT2D eigenvalue weighted by molar-refractivity contribution is 0.143. The standard InChI is InChI=1S/C10H11NO.C2H6/c1-10(2,12)7-6-9-5-3-4-8-11-9;1-2/h3-5,8,12H,1-2H3;1-2H3. The highest BCUT2D eigenvalue weighted by molar-refractivity contribution is 5.29. The Morgan fingerprint density at radius 3 is 2.36 bits per heavy atom. The van der Waals surface area contributed by atoms with Crippen molar-refractivity contribution in [1.82, 2.24) is 4.98 Å². The average molecular weight is 191 g/mol. The molecule has 1 rings (SSSR count). The molecule has 0 aliphatic rings. The molecule has 0 aliphatic carbocycles. The molecule has 0 saturated carbocycles. The minimum Gasteiger partial charge on any atom is -0.378 e. The molecule has 0 spiro atoms. The van der Waals surface area contributed by atoms with Crippen LogP contribution in [0.2, 0.25) is 0 Å². The maximum absolute atomic E-state index is 9.28. The minimum absolute atomic E-state index is 0.680. The summed E-state index contributed by atoms with van der Waals surface area (Å²) in [5.74, 6) is 5.45. The second-order valence-electron chi connectivity index (χ2n) is 3.02. The summed E-state index contributed by atoms with van der Waals surface area (Å²) in [6, 6.07) is 5.50. The van der Waals surface area contributed by atoms with Crippen LogP contribution in [0.4, 0.5) is 0 Å². The summed E-state index contributed by atoms with van der Waals surface area (Å²) in [6.07, 6.45) is 1.67. The first-order chi connectivity index (χ1) is 6.58. The molecule has 1 heterocycles. The smallest absolute Gasteiger partial charge is 0.120 e. The fourth-order valence-electron chi connectivity index (χ4n) is 0.654. The number of nitrogens with zero attached hydrogens (tertiary/aromatic N) is 1. The highest BCUT2D eigenvalue weighted by atomic mass is 16.3. The van der Waals surface area contributed by atoms with E-state index in [-0.39, 0.29) is 0 Å². The van der Waals surface area contributed by atoms with Crippen LogP contribution >= 0.6 is 0 Å². The van der Waals surface area contributed by atoms with Gasteiger partial charge in [-0.05, 0) is 31.9 Å². The lowest BCUT2D eigenvalue weighted by Crippen LogP contribution is -2.14. The molecule has 0 atom stereocenters. The molecule has 2 heteroatoms. The zero-order valence-electron chi connectivity index (χ0n) is 9.20. The quantitative estimate of drug-likeness (QED) is 0.638. The van der Waals surface area contributed by atoms with Gasteiger partial charge in [-0.25, -0.2) is 4.98 Å². The van der Waals surface area contributed by atoms with Gasteiger partial charge in [-0.15, -0.1) is 0 Å². The fraction of sp³-hybridized carbons (Fsp3) is 0.417. The van der Waals surface area contributed by atoms with Gasteiger partial charge in [0.25, 0.3) is 0 Å². The summed E-state index contributed by atoms with van der Waals surface area (Å²) < 4.78 is 0. The van der Waals surface area contributed by atoms with E-state index >= 15 is 0 Å². The van der Waals surface area contributed by atoms with Crippen LogP contribution in [-0.2, 0) is 0 Å². The molecule has 1 aromatic rings. The summed E-state index contributed by atoms with van der Waals surface area (Å²) >= 11 is 0. The summed E-state index contributed by atoms with van der Waals surface area (Å²) in [6.45, 7) is 7.28. The van der Waals surface area contributed by atoms with Crippen molar-refractivity contribution in [3.63, 3.8) is 0 Å². The Morgan fingerprint density at radius 1 is 1.29 bits per heavy atom. The first-order valence-electron chi connectivity index (χ1n) is 4.74. The van der Waals surface area contributed by atoms with Gasteiger partial charge in [0.05, 0.1) is 0 Å². The maximum Gasteiger partial charge on any atom is 0.120 e. The zero-order chi connectivity index (χ0) is 11.0. The van der Waals surface area contributed by atoms with Crippen LogP contribution in [0.5, 0.6) is 0 Å². The van der Waals surface area contributed by atoms with Crippen LogP contribution in [0.25, 0.3) is 0 Å². The van der Waals surface area contributed by atoms with E-state index in [4.69, 9.17) is 0 Å². The number of rotatable bonds is 0. The molecule has 76 valence electrons. The molecule has 0 aromatic carbocycles. The molecule has 0 bridgehead atoms. The molecule has 1 N–H and O–H groups in total. The fourth-order valence-corrected chi connectivity index (χ4v) is 0.654. The highest BCUT2D eigenvalue weighted by Gasteiger charge is 2.05. The van der Waals surface area contributed by atoms with E-state index in [0.717, 1.165) is 0 Å². The second-order valence-corrected chi connectivity index (χ2v) is 3.02. The molecule has 0 aliphatic heterocycles. The van der Waals surface area contributed by atoms with Crippen LogP contribution < -0.4 is 0 Å². The van der Waals surface area contributed by atoms with Crippen molar-refractivity contribution >= 4 is 0 Å². The summed E-state index contributed by atoms with van der Waals surface area (Å²) in [7, 11) is 0. The highest BCUT2D eigenvalue weighted by Crippen LogP contribution is 1.98. The largest absolute Gasteiger partial charge is 0.378 e. The van der Waals surface area contributed by atoms with E-state index in [1.165, 1.54) is 0 Å². The molecule has 0 saturated heterocycles. The molecule has 0 unspecified atom stereocenters. The third kappa shape index (κ3) is 6.22. The summed E-state index contributed by atoms with van der Waals surface area (Å²) in [5, 5.41) is 9.28. The maximum atomic E-state index is 9.28. The molecular weight excluding hydrogens is 174 g/mol. The molecule has 0 fully saturated rings. The van der Waals surface area contributed by atoms with Gasteiger partial charge in [0.2, 0.25) is 0 Å². The van der Waals surface area contributed by atoms with Crippen molar-refractivity contribution in [1.29, 1.82) is 0 Å². The normalized spacial score (nSPS) is 9.21. The predicted octanol–water partition coefficient (Wildman–Crippen LogP) is 2.23. The van der Waals surface area contributed by atoms with E-state index in [9.17, 15) is 5.11 Å². The molecule has 0 amide bonds. The Balaban J connectivity index is 0.000000791. The van der Waals surface area contributed by atoms with Crippen molar-refractivity contribution < 1.29 is 5.11 Å². The predicted molar refractivity (Wildman–Crippen MR) is 58.8 cm³/mol. The van der Waals surface area contributed by atoms with Crippen LogP contribution in [0.3, 0.4) is 0 Å². The Kier molecular flexibility index (Phi) is 5.59. The zero-order valence-corrected chi connectivity index (χ0v) is 9.20. The van der Waals surface area contributed by atoms with Crippen molar-refractivity contribution in [3.05, 3.63) is 30.1 Å². The van der Waals surface area contributed by atoms with Crippen molar-refractivity contribution in [2.24, 2.45) is 0 Å². The molecule has 14 heavy (non-hydrogen) atoms. The number of hydrogen-bond donors (Lipinski definition) is 1. The van der Waals surface area contributed by atoms with Crippen LogP contribution in [-0.4, -0.2) is 15.7 Å². The van der Waals surface area contributed by atoms with Crippen molar-refractivity contribution in [3.8, 4) is 11.8 Å². The van der Waals surface area contributed by atoms with Gasteiger partial charge in [0, 0.05) is 6.20 Å². The Hall–Kier alpha value is -1.33. The second kappa shape index (κ2) is 6.17. The lowest BCUT2D eigenvalue weighted by Gasteiger charge is -2.05. The van der Waals surface area contributed by atoms with Gasteiger partial charge in [0.15, 0.2) is 0 Å². The van der Waals surface area contributed by atoms with Crippen LogP contribution in [0, 0.1) is 11.8 Å². The molecule has 0 radical (unpaired) electrons. The van der Waals surface area contributed by atoms with Gasteiger partial charge < -0.3 is 5.11 Å². The summed E-state index contributed by atoms with van der Waals surface area (Å²) in [5.41, 5.74) is -0.267. The van der Waals surface area contributed by atoms with Crippen LogP contribution in [0.1, 0.15) is 33.4 Å². The molecule has 1 aromatic heterocycles. The Bertz CT molecular complexity index is 301. The van der Waals surface area contributed by atoms with Gasteiger partial charge in [0.1, 0.15) is 11.3 Å². The minimum atomic E-state index is -0.947. The Labute approximate surface area is 86.0 Å². The first kappa shape index (κ1) is 12.7. The molecule has 2 nitrogen and oxygen atoms in total. The average Bonchev–Trinajstić information content (AvgIpc) is 2.19. The van der Waals surface area contributed by atoms with E-state index in [0.29, 0.717) is 5.69 Å². The van der Waals surface area contributed by atoms with Gasteiger partial charge in [-0.3, -0.25) is 0 Å². The van der Waals surface area contributed by atoms with E-state index in [1.807, 2.05) is 26.0 Å². The van der Waals surface area contributed by atoms with E-state index in [2.05, 4.69) is 16.8 Å². The number of hydrogen-bond acceptors (Lipinski definition) is 2. The third-order valence-electron chi connectivity index (χ3n) is 1.16. The van der Waals surface area contributed by atoms with Crippen molar-refractivity contribution in [2.75, 3.05) is 0 Å². The topological polar surface area (TPSA) is 33.1 Å². The first-order valence-corrected chi connectivity index (χ1v) is 4.74. The van der Waals surface area contributed by atoms with Gasteiger partial charge >= 0.3 is 0 Å². The van der Waals surface area contributed by atoms with E-state index in [1.54, 1.807) is 26.1 Å². The van der Waals surface area contributed by atoms with Crippen LogP contribution in [0.15, 0.2) is 24.4 Å². The summed E-state index contributed by atoms with van der Waals surface area (Å²) in [4.78, 5) is 4.00. The van der Waals surface area contributed by atoms with E-state index < -0.39 is 5.60 Å². The molecular formula is C12H17NO.